The monoisotopic (exact) mass is 390 g/mol. The van der Waals surface area contributed by atoms with Crippen molar-refractivity contribution in [3.63, 3.8) is 0 Å². The molecule has 0 aromatic heterocycles. The first-order chi connectivity index (χ1) is 13.1. The highest BCUT2D eigenvalue weighted by Crippen LogP contribution is 2.29. The molecular weight excluding hydrogens is 364 g/mol. The van der Waals surface area contributed by atoms with Gasteiger partial charge in [-0.3, -0.25) is 14.4 Å². The van der Waals surface area contributed by atoms with Crippen molar-refractivity contribution in [3.8, 4) is 5.75 Å². The molecule has 0 bridgehead atoms. The van der Waals surface area contributed by atoms with Crippen molar-refractivity contribution in [3.05, 3.63) is 24.3 Å². The molecule has 1 aromatic rings. The van der Waals surface area contributed by atoms with Crippen LogP contribution in [-0.4, -0.2) is 42.4 Å². The first-order valence-corrected chi connectivity index (χ1v) is 10.5. The molecule has 2 fully saturated rings. The van der Waals surface area contributed by atoms with Gasteiger partial charge in [0.25, 0.3) is 0 Å². The number of nitrogens with one attached hydrogen (secondary N) is 1. The molecule has 1 unspecified atom stereocenters. The van der Waals surface area contributed by atoms with Crippen LogP contribution in [0.25, 0.3) is 0 Å². The van der Waals surface area contributed by atoms with Crippen LogP contribution in [-0.2, 0) is 14.4 Å². The van der Waals surface area contributed by atoms with Crippen molar-refractivity contribution in [2.24, 2.45) is 5.92 Å². The zero-order chi connectivity index (χ0) is 19.2. The lowest BCUT2D eigenvalue weighted by molar-refractivity contribution is -0.126. The molecule has 7 heteroatoms. The lowest BCUT2D eigenvalue weighted by Crippen LogP contribution is -2.46. The maximum absolute atomic E-state index is 13.0. The van der Waals surface area contributed by atoms with Gasteiger partial charge in [0.2, 0.25) is 11.8 Å². The third-order valence-electron chi connectivity index (χ3n) is 5.13. The summed E-state index contributed by atoms with van der Waals surface area (Å²) in [6.45, 7) is -0.0307. The Balaban J connectivity index is 1.72. The number of ether oxygens (including phenoxy) is 1. The van der Waals surface area contributed by atoms with Gasteiger partial charge in [-0.1, -0.05) is 31.0 Å². The molecule has 0 spiro atoms. The number of thioether (sulfide) groups is 1. The number of methoxy groups -OCH3 is 1. The normalized spacial score (nSPS) is 20.3. The number of amides is 2. The second-order valence-corrected chi connectivity index (χ2v) is 8.19. The van der Waals surface area contributed by atoms with Crippen LogP contribution in [0.15, 0.2) is 24.3 Å². The second kappa shape index (κ2) is 9.26. The van der Waals surface area contributed by atoms with Crippen LogP contribution in [0.1, 0.15) is 38.5 Å². The molecule has 3 rings (SSSR count). The maximum Gasteiger partial charge on any atom is 0.240 e. The summed E-state index contributed by atoms with van der Waals surface area (Å²) in [5, 5.41) is 3.10. The number of hydrogen-bond acceptors (Lipinski definition) is 5. The van der Waals surface area contributed by atoms with Crippen molar-refractivity contribution in [1.82, 2.24) is 5.32 Å². The zero-order valence-electron chi connectivity index (χ0n) is 15.6. The fraction of sp³-hybridized carbons (Fsp3) is 0.550. The molecule has 1 saturated heterocycles. The average Bonchev–Trinajstić information content (AvgIpc) is 3.13. The van der Waals surface area contributed by atoms with E-state index in [-0.39, 0.29) is 41.9 Å². The van der Waals surface area contributed by atoms with Crippen molar-refractivity contribution in [2.75, 3.05) is 24.3 Å². The third kappa shape index (κ3) is 5.25. The van der Waals surface area contributed by atoms with Gasteiger partial charge in [-0.25, -0.2) is 0 Å². The van der Waals surface area contributed by atoms with E-state index in [4.69, 9.17) is 4.74 Å². The van der Waals surface area contributed by atoms with Crippen LogP contribution in [0.3, 0.4) is 0 Å². The van der Waals surface area contributed by atoms with E-state index in [0.717, 1.165) is 25.7 Å². The Morgan fingerprint density at radius 1 is 1.19 bits per heavy atom. The van der Waals surface area contributed by atoms with E-state index < -0.39 is 0 Å². The van der Waals surface area contributed by atoms with Crippen molar-refractivity contribution < 1.29 is 19.1 Å². The Morgan fingerprint density at radius 3 is 2.48 bits per heavy atom. The topological polar surface area (TPSA) is 75.7 Å². The van der Waals surface area contributed by atoms with Crippen LogP contribution >= 0.6 is 11.8 Å². The minimum Gasteiger partial charge on any atom is -0.497 e. The Kier molecular flexibility index (Phi) is 6.77. The van der Waals surface area contributed by atoms with Gasteiger partial charge in [0.15, 0.2) is 5.12 Å². The molecule has 1 heterocycles. The van der Waals surface area contributed by atoms with Crippen molar-refractivity contribution in [1.29, 1.82) is 0 Å². The molecule has 1 atom stereocenters. The molecule has 1 aromatic carbocycles. The highest BCUT2D eigenvalue weighted by atomic mass is 32.2. The molecule has 0 radical (unpaired) electrons. The van der Waals surface area contributed by atoms with Crippen LogP contribution in [0.2, 0.25) is 0 Å². The molecule has 146 valence electrons. The average molecular weight is 391 g/mol. The predicted molar refractivity (Wildman–Crippen MR) is 106 cm³/mol. The molecule has 1 saturated carbocycles. The van der Waals surface area contributed by atoms with Gasteiger partial charge < -0.3 is 15.0 Å². The Morgan fingerprint density at radius 2 is 1.89 bits per heavy atom. The maximum atomic E-state index is 13.0. The third-order valence-corrected chi connectivity index (χ3v) is 6.19. The van der Waals surface area contributed by atoms with Crippen molar-refractivity contribution in [2.45, 2.75) is 44.6 Å². The predicted octanol–water partition coefficient (Wildman–Crippen LogP) is 2.76. The highest BCUT2D eigenvalue weighted by Gasteiger charge is 2.34. The van der Waals surface area contributed by atoms with Gasteiger partial charge in [0.05, 0.1) is 13.0 Å². The number of benzene rings is 1. The second-order valence-electron chi connectivity index (χ2n) is 7.11. The molecule has 27 heavy (non-hydrogen) atoms. The summed E-state index contributed by atoms with van der Waals surface area (Å²) in [6.07, 6.45) is 5.71. The molecule has 2 amide bonds. The van der Waals surface area contributed by atoms with Gasteiger partial charge in [0, 0.05) is 23.9 Å². The number of carbonyl (C=O) groups excluding carboxylic acids is 3. The van der Waals surface area contributed by atoms with Gasteiger partial charge in [-0.15, -0.1) is 0 Å². The molecule has 1 aliphatic carbocycles. The summed E-state index contributed by atoms with van der Waals surface area (Å²) in [5.41, 5.74) is 0.643. The number of rotatable bonds is 6. The fourth-order valence-electron chi connectivity index (χ4n) is 3.61. The highest BCUT2D eigenvalue weighted by molar-refractivity contribution is 8.14. The van der Waals surface area contributed by atoms with Gasteiger partial charge in [-0.05, 0) is 37.1 Å². The standard InChI is InChI=1S/C20H26N2O4S/c1-26-17-9-7-16(8-10-17)22(20(25)14-11-19(24)27-13-14)12-18(23)21-15-5-3-2-4-6-15/h7-10,14-15H,2-6,11-13H2,1H3,(H,21,23). The SMILES string of the molecule is COc1ccc(N(CC(=O)NC2CCCCC2)C(=O)C2CSC(=O)C2)cc1. The number of carbonyl (C=O) groups is 3. The first kappa shape index (κ1) is 19.7. The smallest absolute Gasteiger partial charge is 0.240 e. The van der Waals surface area contributed by atoms with Gasteiger partial charge in [0.1, 0.15) is 12.3 Å². The van der Waals surface area contributed by atoms with Crippen molar-refractivity contribution >= 4 is 34.4 Å². The van der Waals surface area contributed by atoms with Crippen LogP contribution in [0, 0.1) is 5.92 Å². The number of anilines is 1. The van der Waals surface area contributed by atoms with Crippen LogP contribution < -0.4 is 15.0 Å². The van der Waals surface area contributed by atoms with E-state index in [2.05, 4.69) is 5.32 Å². The summed E-state index contributed by atoms with van der Waals surface area (Å²) in [6, 6.07) is 7.28. The Labute approximate surface area is 164 Å². The summed E-state index contributed by atoms with van der Waals surface area (Å²) >= 11 is 1.19. The quantitative estimate of drug-likeness (QED) is 0.808. The largest absolute Gasteiger partial charge is 0.497 e. The summed E-state index contributed by atoms with van der Waals surface area (Å²) in [7, 11) is 1.58. The minimum absolute atomic E-state index is 0.0307. The van der Waals surface area contributed by atoms with E-state index in [1.807, 2.05) is 0 Å². The van der Waals surface area contributed by atoms with E-state index in [1.165, 1.54) is 23.1 Å². The van der Waals surface area contributed by atoms with Crippen LogP contribution in [0.4, 0.5) is 5.69 Å². The Bertz CT molecular complexity index is 686. The van der Waals surface area contributed by atoms with Crippen LogP contribution in [0.5, 0.6) is 5.75 Å². The molecule has 2 aliphatic rings. The number of nitrogens with zero attached hydrogens (tertiary/aromatic N) is 1. The van der Waals surface area contributed by atoms with Gasteiger partial charge in [-0.2, -0.15) is 0 Å². The summed E-state index contributed by atoms with van der Waals surface area (Å²) < 4.78 is 5.17. The molecule has 1 aliphatic heterocycles. The number of hydrogen-bond donors (Lipinski definition) is 1. The first-order valence-electron chi connectivity index (χ1n) is 9.47. The lowest BCUT2D eigenvalue weighted by Gasteiger charge is -2.27. The van der Waals surface area contributed by atoms with E-state index in [0.29, 0.717) is 17.2 Å². The fourth-order valence-corrected chi connectivity index (χ4v) is 4.58. The lowest BCUT2D eigenvalue weighted by atomic mass is 9.95. The molecular formula is C20H26N2O4S. The summed E-state index contributed by atoms with van der Waals surface area (Å²) in [4.78, 5) is 38.7. The van der Waals surface area contributed by atoms with E-state index in [9.17, 15) is 14.4 Å². The van der Waals surface area contributed by atoms with E-state index >= 15 is 0 Å². The molecule has 6 nitrogen and oxygen atoms in total. The van der Waals surface area contributed by atoms with Gasteiger partial charge >= 0.3 is 0 Å². The molecule has 1 N–H and O–H groups in total. The Hall–Kier alpha value is -2.02. The zero-order valence-corrected chi connectivity index (χ0v) is 16.4. The van der Waals surface area contributed by atoms with E-state index in [1.54, 1.807) is 31.4 Å². The summed E-state index contributed by atoms with van der Waals surface area (Å²) in [5.74, 6) is 0.478. The minimum atomic E-state index is -0.368.